The Bertz CT molecular complexity index is 435. The predicted octanol–water partition coefficient (Wildman–Crippen LogP) is 2.84. The summed E-state index contributed by atoms with van der Waals surface area (Å²) in [6.45, 7) is 3.05. The van der Waals surface area contributed by atoms with Crippen LogP contribution in [-0.2, 0) is 0 Å². The summed E-state index contributed by atoms with van der Waals surface area (Å²) in [5.74, 6) is 0.217. The van der Waals surface area contributed by atoms with Crippen LogP contribution in [-0.4, -0.2) is 47.9 Å². The first kappa shape index (κ1) is 13.1. The van der Waals surface area contributed by atoms with Gasteiger partial charge in [-0.15, -0.1) is 0 Å². The normalized spacial score (nSPS) is 23.7. The minimum absolute atomic E-state index is 0.217. The van der Waals surface area contributed by atoms with Crippen molar-refractivity contribution in [2.45, 2.75) is 37.6 Å². The summed E-state index contributed by atoms with van der Waals surface area (Å²) in [4.78, 5) is 16.9. The molecule has 1 amide bonds. The molecule has 0 N–H and O–H groups in total. The van der Waals surface area contributed by atoms with Crippen molar-refractivity contribution in [2.24, 2.45) is 0 Å². The van der Waals surface area contributed by atoms with Gasteiger partial charge in [-0.3, -0.25) is 4.79 Å². The Morgan fingerprint density at radius 3 is 2.63 bits per heavy atom. The number of likely N-dealkylation sites (tertiary alicyclic amines) is 2. The van der Waals surface area contributed by atoms with E-state index in [2.05, 4.69) is 11.9 Å². The Kier molecular flexibility index (Phi) is 3.63. The second kappa shape index (κ2) is 5.25. The van der Waals surface area contributed by atoms with E-state index in [-0.39, 0.29) is 5.91 Å². The molecule has 0 saturated carbocycles. The zero-order chi connectivity index (χ0) is 13.3. The van der Waals surface area contributed by atoms with Crippen molar-refractivity contribution in [1.82, 2.24) is 9.80 Å². The maximum atomic E-state index is 12.3. The first-order valence-electron chi connectivity index (χ1n) is 7.24. The highest BCUT2D eigenvalue weighted by Gasteiger charge is 2.40. The number of hydrogen-bond donors (Lipinski definition) is 0. The topological polar surface area (TPSA) is 23.6 Å². The molecule has 0 atom stereocenters. The van der Waals surface area contributed by atoms with Crippen molar-refractivity contribution < 1.29 is 4.79 Å². The Balaban J connectivity index is 1.64. The average Bonchev–Trinajstić information content (AvgIpc) is 2.96. The standard InChI is InChI=1S/C15H22N2OS/c1-16-8-3-2-5-15(16)6-9-17(10-7-15)14(18)13-4-11-19-12-13/h4,11-12H,2-3,5-10H2,1H3. The number of nitrogens with zero attached hydrogens (tertiary/aromatic N) is 2. The van der Waals surface area contributed by atoms with Gasteiger partial charge in [-0.2, -0.15) is 11.3 Å². The van der Waals surface area contributed by atoms with Gasteiger partial charge in [-0.25, -0.2) is 0 Å². The molecule has 4 heteroatoms. The summed E-state index contributed by atoms with van der Waals surface area (Å²) < 4.78 is 0. The van der Waals surface area contributed by atoms with Crippen LogP contribution in [0.25, 0.3) is 0 Å². The summed E-state index contributed by atoms with van der Waals surface area (Å²) in [6.07, 6.45) is 6.27. The number of piperidine rings is 2. The molecule has 3 nitrogen and oxygen atoms in total. The Labute approximate surface area is 119 Å². The van der Waals surface area contributed by atoms with Gasteiger partial charge in [-0.1, -0.05) is 6.42 Å². The van der Waals surface area contributed by atoms with Gasteiger partial charge in [0, 0.05) is 24.0 Å². The van der Waals surface area contributed by atoms with Crippen LogP contribution in [0.4, 0.5) is 0 Å². The molecule has 3 heterocycles. The number of carbonyl (C=O) groups is 1. The first-order chi connectivity index (χ1) is 9.21. The van der Waals surface area contributed by atoms with Crippen LogP contribution in [0.1, 0.15) is 42.5 Å². The molecule has 2 aliphatic rings. The maximum Gasteiger partial charge on any atom is 0.254 e. The number of carbonyl (C=O) groups excluding carboxylic acids is 1. The van der Waals surface area contributed by atoms with E-state index < -0.39 is 0 Å². The molecule has 2 saturated heterocycles. The lowest BCUT2D eigenvalue weighted by atomic mass is 9.79. The van der Waals surface area contributed by atoms with E-state index in [1.807, 2.05) is 21.7 Å². The highest BCUT2D eigenvalue weighted by Crippen LogP contribution is 2.36. The largest absolute Gasteiger partial charge is 0.338 e. The summed E-state index contributed by atoms with van der Waals surface area (Å²) in [6, 6.07) is 1.93. The van der Waals surface area contributed by atoms with Crippen molar-refractivity contribution in [3.63, 3.8) is 0 Å². The van der Waals surface area contributed by atoms with Crippen molar-refractivity contribution in [1.29, 1.82) is 0 Å². The van der Waals surface area contributed by atoms with Gasteiger partial charge >= 0.3 is 0 Å². The van der Waals surface area contributed by atoms with Gasteiger partial charge in [0.1, 0.15) is 0 Å². The molecular weight excluding hydrogens is 256 g/mol. The van der Waals surface area contributed by atoms with E-state index in [0.717, 1.165) is 31.5 Å². The number of hydrogen-bond acceptors (Lipinski definition) is 3. The molecular formula is C15H22N2OS. The van der Waals surface area contributed by atoms with Crippen LogP contribution < -0.4 is 0 Å². The summed E-state index contributed by atoms with van der Waals surface area (Å²) in [7, 11) is 2.26. The molecule has 19 heavy (non-hydrogen) atoms. The summed E-state index contributed by atoms with van der Waals surface area (Å²) >= 11 is 1.60. The summed E-state index contributed by atoms with van der Waals surface area (Å²) in [5.41, 5.74) is 1.24. The summed E-state index contributed by atoms with van der Waals surface area (Å²) in [5, 5.41) is 3.94. The lowest BCUT2D eigenvalue weighted by Gasteiger charge is -2.50. The second-order valence-corrected chi connectivity index (χ2v) is 6.69. The number of rotatable bonds is 1. The molecule has 0 bridgehead atoms. The van der Waals surface area contributed by atoms with E-state index in [4.69, 9.17) is 0 Å². The molecule has 2 fully saturated rings. The quantitative estimate of drug-likeness (QED) is 0.788. The van der Waals surface area contributed by atoms with E-state index >= 15 is 0 Å². The van der Waals surface area contributed by atoms with Crippen molar-refractivity contribution in [3.8, 4) is 0 Å². The minimum atomic E-state index is 0.217. The number of amides is 1. The lowest BCUT2D eigenvalue weighted by molar-refractivity contribution is 0.0111. The fourth-order valence-electron chi connectivity index (χ4n) is 3.56. The van der Waals surface area contributed by atoms with Crippen LogP contribution in [0.5, 0.6) is 0 Å². The third-order valence-corrected chi connectivity index (χ3v) is 5.63. The van der Waals surface area contributed by atoms with E-state index in [9.17, 15) is 4.79 Å². The van der Waals surface area contributed by atoms with E-state index in [1.54, 1.807) is 11.3 Å². The molecule has 0 radical (unpaired) electrons. The van der Waals surface area contributed by atoms with Crippen molar-refractivity contribution in [2.75, 3.05) is 26.7 Å². The maximum absolute atomic E-state index is 12.3. The molecule has 104 valence electrons. The molecule has 3 rings (SSSR count). The predicted molar refractivity (Wildman–Crippen MR) is 78.7 cm³/mol. The molecule has 1 aromatic rings. The van der Waals surface area contributed by atoms with Gasteiger partial charge < -0.3 is 9.80 Å². The van der Waals surface area contributed by atoms with Crippen LogP contribution >= 0.6 is 11.3 Å². The van der Waals surface area contributed by atoms with Gasteiger partial charge in [0.25, 0.3) is 5.91 Å². The third-order valence-electron chi connectivity index (χ3n) is 4.94. The first-order valence-corrected chi connectivity index (χ1v) is 8.18. The Morgan fingerprint density at radius 2 is 2.00 bits per heavy atom. The monoisotopic (exact) mass is 278 g/mol. The van der Waals surface area contributed by atoms with Gasteiger partial charge in [0.15, 0.2) is 0 Å². The van der Waals surface area contributed by atoms with Crippen LogP contribution in [0.15, 0.2) is 16.8 Å². The average molecular weight is 278 g/mol. The number of thiophene rings is 1. The van der Waals surface area contributed by atoms with Gasteiger partial charge in [0.05, 0.1) is 5.56 Å². The molecule has 1 aromatic heterocycles. The Hall–Kier alpha value is -0.870. The Morgan fingerprint density at radius 1 is 1.21 bits per heavy atom. The molecule has 0 aliphatic carbocycles. The van der Waals surface area contributed by atoms with Crippen molar-refractivity contribution >= 4 is 17.2 Å². The van der Waals surface area contributed by atoms with Crippen LogP contribution in [0.3, 0.4) is 0 Å². The van der Waals surface area contributed by atoms with Gasteiger partial charge in [-0.05, 0) is 50.7 Å². The zero-order valence-corrected chi connectivity index (χ0v) is 12.4. The molecule has 2 aliphatic heterocycles. The molecule has 1 spiro atoms. The van der Waals surface area contributed by atoms with Crippen LogP contribution in [0.2, 0.25) is 0 Å². The van der Waals surface area contributed by atoms with Gasteiger partial charge in [0.2, 0.25) is 0 Å². The fourth-order valence-corrected chi connectivity index (χ4v) is 4.19. The second-order valence-electron chi connectivity index (χ2n) is 5.91. The lowest BCUT2D eigenvalue weighted by Crippen LogP contribution is -2.56. The van der Waals surface area contributed by atoms with E-state index in [0.29, 0.717) is 5.54 Å². The van der Waals surface area contributed by atoms with Crippen LogP contribution in [0, 0.1) is 0 Å². The molecule has 0 unspecified atom stereocenters. The minimum Gasteiger partial charge on any atom is -0.338 e. The SMILES string of the molecule is CN1CCCCC12CCN(C(=O)c1ccsc1)CC2. The van der Waals surface area contributed by atoms with Crippen molar-refractivity contribution in [3.05, 3.63) is 22.4 Å². The smallest absolute Gasteiger partial charge is 0.254 e. The highest BCUT2D eigenvalue weighted by atomic mass is 32.1. The zero-order valence-electron chi connectivity index (χ0n) is 11.6. The van der Waals surface area contributed by atoms with E-state index in [1.165, 1.54) is 25.8 Å². The third kappa shape index (κ3) is 2.43. The molecule has 0 aromatic carbocycles. The fraction of sp³-hybridized carbons (Fsp3) is 0.667. The highest BCUT2D eigenvalue weighted by molar-refractivity contribution is 7.08.